The molecular formula is C14H14F3N5O2S. The number of carbonyl (C=O) groups is 1. The van der Waals surface area contributed by atoms with E-state index < -0.39 is 29.9 Å². The SMILES string of the molecule is Cn1ccnc1C(O)(CC(=O)NCc1cn2ccsc2n1)C(F)(F)F. The van der Waals surface area contributed by atoms with Gasteiger partial charge in [0.15, 0.2) is 10.8 Å². The van der Waals surface area contributed by atoms with Crippen LogP contribution < -0.4 is 5.32 Å². The number of rotatable bonds is 5. The van der Waals surface area contributed by atoms with Crippen LogP contribution in [-0.2, 0) is 24.0 Å². The highest BCUT2D eigenvalue weighted by atomic mass is 32.1. The monoisotopic (exact) mass is 373 g/mol. The van der Waals surface area contributed by atoms with E-state index in [9.17, 15) is 23.1 Å². The summed E-state index contributed by atoms with van der Waals surface area (Å²) in [6.45, 7) is -0.0399. The summed E-state index contributed by atoms with van der Waals surface area (Å²) < 4.78 is 42.9. The van der Waals surface area contributed by atoms with Crippen LogP contribution in [0.4, 0.5) is 13.2 Å². The van der Waals surface area contributed by atoms with Gasteiger partial charge in [0.2, 0.25) is 11.5 Å². The highest BCUT2D eigenvalue weighted by Crippen LogP contribution is 2.40. The lowest BCUT2D eigenvalue weighted by molar-refractivity contribution is -0.271. The van der Waals surface area contributed by atoms with Crippen molar-refractivity contribution in [2.45, 2.75) is 24.7 Å². The second-order valence-corrected chi connectivity index (χ2v) is 6.37. The molecule has 1 amide bonds. The number of nitrogens with zero attached hydrogens (tertiary/aromatic N) is 4. The summed E-state index contributed by atoms with van der Waals surface area (Å²) in [5.41, 5.74) is -2.86. The van der Waals surface area contributed by atoms with E-state index >= 15 is 0 Å². The van der Waals surface area contributed by atoms with Crippen molar-refractivity contribution in [3.63, 3.8) is 0 Å². The predicted molar refractivity (Wildman–Crippen MR) is 82.7 cm³/mol. The van der Waals surface area contributed by atoms with Gasteiger partial charge in [0.05, 0.1) is 18.7 Å². The average Bonchev–Trinajstić information content (AvgIpc) is 3.19. The van der Waals surface area contributed by atoms with Crippen molar-refractivity contribution in [1.82, 2.24) is 24.3 Å². The summed E-state index contributed by atoms with van der Waals surface area (Å²) >= 11 is 1.40. The number of fused-ring (bicyclic) bond motifs is 1. The van der Waals surface area contributed by atoms with Crippen molar-refractivity contribution >= 4 is 22.2 Å². The minimum absolute atomic E-state index is 0.0399. The molecule has 7 nitrogen and oxygen atoms in total. The van der Waals surface area contributed by atoms with Gasteiger partial charge in [0, 0.05) is 37.2 Å². The van der Waals surface area contributed by atoms with E-state index in [1.165, 1.54) is 24.6 Å². The van der Waals surface area contributed by atoms with Gasteiger partial charge in [0.1, 0.15) is 0 Å². The van der Waals surface area contributed by atoms with Crippen LogP contribution in [0.1, 0.15) is 17.9 Å². The number of amides is 1. The summed E-state index contributed by atoms with van der Waals surface area (Å²) in [6.07, 6.45) is -0.407. The topological polar surface area (TPSA) is 84.4 Å². The molecule has 0 aliphatic rings. The molecule has 2 N–H and O–H groups in total. The van der Waals surface area contributed by atoms with Crippen molar-refractivity contribution in [3.8, 4) is 0 Å². The molecule has 0 saturated carbocycles. The molecule has 0 radical (unpaired) electrons. The highest BCUT2D eigenvalue weighted by molar-refractivity contribution is 7.15. The molecule has 1 atom stereocenters. The Balaban J connectivity index is 1.72. The Morgan fingerprint density at radius 3 is 2.76 bits per heavy atom. The zero-order valence-corrected chi connectivity index (χ0v) is 13.8. The first kappa shape index (κ1) is 17.4. The number of thiazole rings is 1. The molecule has 0 spiro atoms. The number of carbonyl (C=O) groups excluding carboxylic acids is 1. The quantitative estimate of drug-likeness (QED) is 0.711. The molecule has 0 fully saturated rings. The van der Waals surface area contributed by atoms with Gasteiger partial charge in [0.25, 0.3) is 0 Å². The van der Waals surface area contributed by atoms with E-state index in [0.29, 0.717) is 10.7 Å². The molecule has 0 bridgehead atoms. The molecule has 3 heterocycles. The van der Waals surface area contributed by atoms with Gasteiger partial charge in [-0.25, -0.2) is 9.97 Å². The van der Waals surface area contributed by atoms with Crippen LogP contribution in [-0.4, -0.2) is 36.1 Å². The zero-order chi connectivity index (χ0) is 18.2. The lowest BCUT2D eigenvalue weighted by Crippen LogP contribution is -2.47. The summed E-state index contributed by atoms with van der Waals surface area (Å²) in [5, 5.41) is 14.3. The molecule has 1 unspecified atom stereocenters. The summed E-state index contributed by atoms with van der Waals surface area (Å²) in [5.74, 6) is -1.60. The lowest BCUT2D eigenvalue weighted by Gasteiger charge is -2.29. The Hall–Kier alpha value is -2.40. The van der Waals surface area contributed by atoms with Gasteiger partial charge in [-0.3, -0.25) is 9.20 Å². The number of aryl methyl sites for hydroxylation is 1. The Morgan fingerprint density at radius 1 is 1.40 bits per heavy atom. The van der Waals surface area contributed by atoms with Gasteiger partial charge >= 0.3 is 6.18 Å². The third kappa shape index (κ3) is 3.24. The molecule has 3 aromatic rings. The number of aliphatic hydroxyl groups is 1. The second kappa shape index (κ2) is 6.15. The standard InChI is InChI=1S/C14H14F3N5O2S/c1-21-3-2-18-11(21)13(24,14(15,16)17)6-10(23)19-7-9-8-22-4-5-25-12(22)20-9/h2-5,8,24H,6-7H2,1H3,(H,19,23). The fourth-order valence-electron chi connectivity index (χ4n) is 2.42. The van der Waals surface area contributed by atoms with E-state index in [1.807, 2.05) is 5.38 Å². The van der Waals surface area contributed by atoms with Crippen molar-refractivity contribution < 1.29 is 23.1 Å². The number of nitrogens with one attached hydrogen (secondary N) is 1. The Bertz CT molecular complexity index is 871. The molecule has 0 aliphatic heterocycles. The lowest BCUT2D eigenvalue weighted by atomic mass is 9.97. The maximum Gasteiger partial charge on any atom is 0.425 e. The second-order valence-electron chi connectivity index (χ2n) is 5.50. The van der Waals surface area contributed by atoms with Crippen LogP contribution in [0.3, 0.4) is 0 Å². The molecule has 25 heavy (non-hydrogen) atoms. The fraction of sp³-hybridized carbons (Fsp3) is 0.357. The summed E-state index contributed by atoms with van der Waals surface area (Å²) in [7, 11) is 1.31. The first-order valence-corrected chi connectivity index (χ1v) is 8.03. The van der Waals surface area contributed by atoms with Gasteiger partial charge in [-0.05, 0) is 0 Å². The van der Waals surface area contributed by atoms with Crippen LogP contribution in [0.2, 0.25) is 0 Å². The molecule has 0 aliphatic carbocycles. The minimum Gasteiger partial charge on any atom is -0.374 e. The Labute approximate surface area is 143 Å². The highest BCUT2D eigenvalue weighted by Gasteiger charge is 2.58. The molecule has 0 aromatic carbocycles. The van der Waals surface area contributed by atoms with Crippen LogP contribution >= 0.6 is 11.3 Å². The number of hydrogen-bond donors (Lipinski definition) is 2. The van der Waals surface area contributed by atoms with Crippen LogP contribution in [0, 0.1) is 0 Å². The normalized spacial score (nSPS) is 14.6. The first-order chi connectivity index (χ1) is 11.7. The summed E-state index contributed by atoms with van der Waals surface area (Å²) in [4.78, 5) is 20.5. The van der Waals surface area contributed by atoms with Crippen LogP contribution in [0.25, 0.3) is 4.96 Å². The maximum atomic E-state index is 13.4. The fourth-order valence-corrected chi connectivity index (χ4v) is 3.13. The molecule has 3 aromatic heterocycles. The number of halogens is 3. The molecule has 134 valence electrons. The van der Waals surface area contributed by atoms with Gasteiger partial charge in [-0.2, -0.15) is 13.2 Å². The predicted octanol–water partition coefficient (Wildman–Crippen LogP) is 1.59. The Morgan fingerprint density at radius 2 is 2.16 bits per heavy atom. The van der Waals surface area contributed by atoms with Crippen molar-refractivity contribution in [2.75, 3.05) is 0 Å². The third-order valence-corrected chi connectivity index (χ3v) is 4.46. The van der Waals surface area contributed by atoms with Gasteiger partial charge < -0.3 is 15.0 Å². The number of aromatic nitrogens is 4. The largest absolute Gasteiger partial charge is 0.425 e. The summed E-state index contributed by atoms with van der Waals surface area (Å²) in [6, 6.07) is 0. The van der Waals surface area contributed by atoms with E-state index in [1.54, 1.807) is 16.8 Å². The zero-order valence-electron chi connectivity index (χ0n) is 13.0. The van der Waals surface area contributed by atoms with Crippen LogP contribution in [0.5, 0.6) is 0 Å². The number of imidazole rings is 2. The Kier molecular flexibility index (Phi) is 4.29. The molecule has 11 heteroatoms. The molecule has 3 rings (SSSR count). The van der Waals surface area contributed by atoms with E-state index in [0.717, 1.165) is 10.8 Å². The van der Waals surface area contributed by atoms with E-state index in [4.69, 9.17) is 0 Å². The third-order valence-electron chi connectivity index (χ3n) is 3.69. The smallest absolute Gasteiger partial charge is 0.374 e. The first-order valence-electron chi connectivity index (χ1n) is 7.15. The molecular weight excluding hydrogens is 359 g/mol. The van der Waals surface area contributed by atoms with E-state index in [-0.39, 0.29) is 6.54 Å². The number of alkyl halides is 3. The maximum absolute atomic E-state index is 13.4. The van der Waals surface area contributed by atoms with Gasteiger partial charge in [-0.15, -0.1) is 11.3 Å². The minimum atomic E-state index is -5.06. The van der Waals surface area contributed by atoms with Crippen molar-refractivity contribution in [1.29, 1.82) is 0 Å². The number of hydrogen-bond acceptors (Lipinski definition) is 5. The van der Waals surface area contributed by atoms with Crippen molar-refractivity contribution in [3.05, 3.63) is 41.7 Å². The van der Waals surface area contributed by atoms with Crippen LogP contribution in [0.15, 0.2) is 30.2 Å². The van der Waals surface area contributed by atoms with Gasteiger partial charge in [-0.1, -0.05) is 0 Å². The van der Waals surface area contributed by atoms with E-state index in [2.05, 4.69) is 15.3 Å². The average molecular weight is 373 g/mol. The molecule has 0 saturated heterocycles. The van der Waals surface area contributed by atoms with Crippen molar-refractivity contribution in [2.24, 2.45) is 7.05 Å².